The van der Waals surface area contributed by atoms with Crippen molar-refractivity contribution < 1.29 is 14.3 Å². The summed E-state index contributed by atoms with van der Waals surface area (Å²) in [6, 6.07) is 16.4. The van der Waals surface area contributed by atoms with E-state index >= 15 is 0 Å². The second-order valence-electron chi connectivity index (χ2n) is 5.45. The Hall–Kier alpha value is -2.72. The zero-order valence-electron chi connectivity index (χ0n) is 12.5. The molecule has 0 atom stereocenters. The highest BCUT2D eigenvalue weighted by molar-refractivity contribution is 9.10. The Labute approximate surface area is 146 Å². The zero-order chi connectivity index (χ0) is 16.7. The van der Waals surface area contributed by atoms with E-state index in [9.17, 15) is 9.59 Å². The fraction of sp³-hybridized carbons (Fsp3) is 0. The van der Waals surface area contributed by atoms with E-state index in [4.69, 9.17) is 4.74 Å². The maximum atomic E-state index is 12.5. The molecule has 24 heavy (non-hydrogen) atoms. The molecule has 4 heteroatoms. The minimum absolute atomic E-state index is 0.158. The number of benzene rings is 3. The molecule has 0 aromatic heterocycles. The highest BCUT2D eigenvalue weighted by Crippen LogP contribution is 2.35. The first-order valence-electron chi connectivity index (χ1n) is 7.40. The molecule has 4 rings (SSSR count). The summed E-state index contributed by atoms with van der Waals surface area (Å²) in [5, 5.41) is 1.77. The van der Waals surface area contributed by atoms with E-state index in [0.29, 0.717) is 15.6 Å². The number of carbonyl (C=O) groups is 2. The lowest BCUT2D eigenvalue weighted by Gasteiger charge is -2.16. The summed E-state index contributed by atoms with van der Waals surface area (Å²) < 4.78 is 6.20. The second-order valence-corrected chi connectivity index (χ2v) is 6.31. The predicted molar refractivity (Wildman–Crippen MR) is 96.4 cm³/mol. The van der Waals surface area contributed by atoms with Crippen LogP contribution < -0.4 is 4.74 Å². The third-order valence-corrected chi connectivity index (χ3v) is 4.69. The maximum Gasteiger partial charge on any atom is 0.344 e. The van der Waals surface area contributed by atoms with Gasteiger partial charge >= 0.3 is 5.97 Å². The second kappa shape index (κ2) is 5.73. The van der Waals surface area contributed by atoms with Crippen LogP contribution >= 0.6 is 15.9 Å². The van der Waals surface area contributed by atoms with Gasteiger partial charge in [0.25, 0.3) is 0 Å². The first kappa shape index (κ1) is 14.8. The largest absolute Gasteiger partial charge is 0.422 e. The van der Waals surface area contributed by atoms with Crippen molar-refractivity contribution >= 4 is 44.5 Å². The standard InChI is InChI=1S/C20H11BrO3/c21-15-7-2-1-6-14(15)20(23)24-17-11-9-13-5-3-4-12-8-10-16(22)19(17)18(12)13/h1-11H. The van der Waals surface area contributed by atoms with Crippen molar-refractivity contribution in [3.05, 3.63) is 81.8 Å². The minimum atomic E-state index is -0.502. The number of hydrogen-bond acceptors (Lipinski definition) is 3. The third-order valence-electron chi connectivity index (χ3n) is 4.00. The molecule has 0 bridgehead atoms. The van der Waals surface area contributed by atoms with Crippen LogP contribution in [0.1, 0.15) is 26.3 Å². The first-order chi connectivity index (χ1) is 11.6. The molecule has 1 aliphatic carbocycles. The number of halogens is 1. The molecule has 0 saturated carbocycles. The summed E-state index contributed by atoms with van der Waals surface area (Å²) in [6.07, 6.45) is 3.30. The van der Waals surface area contributed by atoms with Crippen molar-refractivity contribution in [3.8, 4) is 5.75 Å². The number of esters is 1. The summed E-state index contributed by atoms with van der Waals surface area (Å²) in [4.78, 5) is 24.9. The van der Waals surface area contributed by atoms with E-state index in [0.717, 1.165) is 16.3 Å². The summed E-state index contributed by atoms with van der Waals surface area (Å²) in [7, 11) is 0. The summed E-state index contributed by atoms with van der Waals surface area (Å²) in [5.74, 6) is -0.378. The first-order valence-corrected chi connectivity index (χ1v) is 8.19. The highest BCUT2D eigenvalue weighted by Gasteiger charge is 2.22. The van der Waals surface area contributed by atoms with Crippen LogP contribution in [-0.4, -0.2) is 11.8 Å². The van der Waals surface area contributed by atoms with E-state index in [1.807, 2.05) is 30.3 Å². The SMILES string of the molecule is O=C(Oc1ccc2cccc3c2c1C(=O)C=C3)c1ccccc1Br. The van der Waals surface area contributed by atoms with Crippen LogP contribution in [-0.2, 0) is 0 Å². The lowest BCUT2D eigenvalue weighted by Crippen LogP contribution is -2.13. The number of ether oxygens (including phenoxy) is 1. The quantitative estimate of drug-likeness (QED) is 0.463. The Morgan fingerprint density at radius 3 is 2.58 bits per heavy atom. The Bertz CT molecular complexity index is 1030. The molecular formula is C20H11BrO3. The monoisotopic (exact) mass is 378 g/mol. The van der Waals surface area contributed by atoms with Gasteiger partial charge in [0.05, 0.1) is 11.1 Å². The summed E-state index contributed by atoms with van der Waals surface area (Å²) >= 11 is 3.34. The van der Waals surface area contributed by atoms with Crippen LogP contribution in [0.25, 0.3) is 16.8 Å². The van der Waals surface area contributed by atoms with Crippen molar-refractivity contribution in [1.82, 2.24) is 0 Å². The van der Waals surface area contributed by atoms with Crippen molar-refractivity contribution in [1.29, 1.82) is 0 Å². The average Bonchev–Trinajstić information content (AvgIpc) is 2.59. The molecule has 0 unspecified atom stereocenters. The van der Waals surface area contributed by atoms with Gasteiger partial charge in [-0.05, 0) is 51.2 Å². The molecule has 0 spiro atoms. The molecule has 0 amide bonds. The number of hydrogen-bond donors (Lipinski definition) is 0. The third kappa shape index (κ3) is 2.36. The Kier molecular flexibility index (Phi) is 3.54. The molecule has 0 aliphatic heterocycles. The lowest BCUT2D eigenvalue weighted by molar-refractivity contribution is 0.0732. The Morgan fingerprint density at radius 1 is 0.917 bits per heavy atom. The van der Waals surface area contributed by atoms with Gasteiger partial charge < -0.3 is 4.74 Å². The summed E-state index contributed by atoms with van der Waals surface area (Å²) in [5.41, 5.74) is 1.80. The van der Waals surface area contributed by atoms with Crippen LogP contribution in [0.3, 0.4) is 0 Å². The van der Waals surface area contributed by atoms with Gasteiger partial charge in [-0.2, -0.15) is 0 Å². The van der Waals surface area contributed by atoms with E-state index in [-0.39, 0.29) is 11.5 Å². The molecule has 0 saturated heterocycles. The van der Waals surface area contributed by atoms with E-state index < -0.39 is 5.97 Å². The van der Waals surface area contributed by atoms with Gasteiger partial charge in [0.2, 0.25) is 0 Å². The lowest BCUT2D eigenvalue weighted by atomic mass is 9.91. The number of ketones is 1. The zero-order valence-corrected chi connectivity index (χ0v) is 14.0. The van der Waals surface area contributed by atoms with Crippen molar-refractivity contribution in [2.75, 3.05) is 0 Å². The van der Waals surface area contributed by atoms with Crippen molar-refractivity contribution in [3.63, 3.8) is 0 Å². The van der Waals surface area contributed by atoms with Crippen LogP contribution in [0.15, 0.2) is 65.1 Å². The molecule has 3 nitrogen and oxygen atoms in total. The van der Waals surface area contributed by atoms with Crippen LogP contribution in [0.2, 0.25) is 0 Å². The van der Waals surface area contributed by atoms with Crippen molar-refractivity contribution in [2.24, 2.45) is 0 Å². The normalized spacial score (nSPS) is 12.5. The fourth-order valence-electron chi connectivity index (χ4n) is 2.89. The maximum absolute atomic E-state index is 12.5. The number of rotatable bonds is 2. The van der Waals surface area contributed by atoms with Gasteiger partial charge in [-0.1, -0.05) is 42.5 Å². The van der Waals surface area contributed by atoms with Crippen LogP contribution in [0, 0.1) is 0 Å². The Morgan fingerprint density at radius 2 is 1.75 bits per heavy atom. The molecule has 1 aliphatic rings. The molecule has 0 N–H and O–H groups in total. The van der Waals surface area contributed by atoms with E-state index in [1.54, 1.807) is 30.3 Å². The minimum Gasteiger partial charge on any atom is -0.422 e. The molecule has 3 aromatic carbocycles. The van der Waals surface area contributed by atoms with Gasteiger partial charge in [-0.3, -0.25) is 4.79 Å². The van der Waals surface area contributed by atoms with Crippen molar-refractivity contribution in [2.45, 2.75) is 0 Å². The number of allylic oxidation sites excluding steroid dienone is 1. The fourth-order valence-corrected chi connectivity index (χ4v) is 3.33. The molecule has 0 heterocycles. The highest BCUT2D eigenvalue weighted by atomic mass is 79.9. The molecular weight excluding hydrogens is 368 g/mol. The van der Waals surface area contributed by atoms with Gasteiger partial charge in [-0.25, -0.2) is 4.79 Å². The molecule has 3 aromatic rings. The van der Waals surface area contributed by atoms with E-state index in [1.165, 1.54) is 6.08 Å². The molecule has 116 valence electrons. The van der Waals surface area contributed by atoms with Gasteiger partial charge in [0.1, 0.15) is 5.75 Å². The Balaban J connectivity index is 1.83. The smallest absolute Gasteiger partial charge is 0.344 e. The summed E-state index contributed by atoms with van der Waals surface area (Å²) in [6.45, 7) is 0. The topological polar surface area (TPSA) is 43.4 Å². The van der Waals surface area contributed by atoms with Gasteiger partial charge in [0.15, 0.2) is 5.78 Å². The van der Waals surface area contributed by atoms with Gasteiger partial charge in [-0.15, -0.1) is 0 Å². The van der Waals surface area contributed by atoms with Crippen LogP contribution in [0.5, 0.6) is 5.75 Å². The average molecular weight is 379 g/mol. The predicted octanol–water partition coefficient (Wildman–Crippen LogP) is 5.03. The molecule has 0 fully saturated rings. The van der Waals surface area contributed by atoms with E-state index in [2.05, 4.69) is 15.9 Å². The molecule has 0 radical (unpaired) electrons. The number of carbonyl (C=O) groups excluding carboxylic acids is 2. The van der Waals surface area contributed by atoms with Crippen LogP contribution in [0.4, 0.5) is 0 Å². The van der Waals surface area contributed by atoms with Gasteiger partial charge in [0, 0.05) is 9.86 Å².